The molecule has 2 aromatic heterocycles. The Morgan fingerprint density at radius 3 is 1.68 bits per heavy atom. The van der Waals surface area contributed by atoms with Crippen molar-refractivity contribution in [2.24, 2.45) is 34.3 Å². The van der Waals surface area contributed by atoms with Gasteiger partial charge in [0.1, 0.15) is 42.6 Å². The van der Waals surface area contributed by atoms with Gasteiger partial charge in [-0.15, -0.1) is 0 Å². The zero-order chi connectivity index (χ0) is 67.9. The Bertz CT molecular complexity index is 4270. The number of ether oxygens (including phenoxy) is 5. The number of hydroxylamine groups is 3. The zero-order valence-electron chi connectivity index (χ0n) is 52.7. The highest BCUT2D eigenvalue weighted by atomic mass is 19.1. The highest BCUT2D eigenvalue weighted by molar-refractivity contribution is 5.98. The van der Waals surface area contributed by atoms with Gasteiger partial charge in [0.05, 0.1) is 53.8 Å². The van der Waals surface area contributed by atoms with Gasteiger partial charge in [-0.25, -0.2) is 34.6 Å². The number of carbonyl (C=O) groups excluding carboxylic acids is 6. The van der Waals surface area contributed by atoms with Crippen LogP contribution in [0.5, 0.6) is 17.2 Å². The fourth-order valence-electron chi connectivity index (χ4n) is 13.1. The molecule has 96 heavy (non-hydrogen) atoms. The number of carbonyl (C=O) groups is 6. The molecule has 13 rings (SSSR count). The molecule has 500 valence electrons. The topological polar surface area (TPSA) is 300 Å². The number of nitrogens with two attached hydrogens (primary N) is 1. The lowest BCUT2D eigenvalue weighted by atomic mass is 9.92. The van der Waals surface area contributed by atoms with E-state index in [9.17, 15) is 41.9 Å². The number of amides is 4. The largest absolute Gasteiger partial charge is 0.489 e. The first kappa shape index (κ1) is 67.3. The summed E-state index contributed by atoms with van der Waals surface area (Å²) >= 11 is 0. The number of anilines is 1. The number of methoxy groups -OCH3 is 2. The number of nitrogens with zero attached hydrogens (tertiary/aromatic N) is 3. The van der Waals surface area contributed by atoms with Crippen LogP contribution >= 0.6 is 0 Å². The van der Waals surface area contributed by atoms with Crippen molar-refractivity contribution in [2.75, 3.05) is 32.2 Å². The lowest BCUT2D eigenvalue weighted by molar-refractivity contribution is -0.149. The van der Waals surface area contributed by atoms with Crippen molar-refractivity contribution in [1.29, 1.82) is 0 Å². The third kappa shape index (κ3) is 14.5. The molecule has 0 radical (unpaired) electrons. The second-order valence-electron chi connectivity index (χ2n) is 24.9. The van der Waals surface area contributed by atoms with E-state index >= 15 is 0 Å². The van der Waals surface area contributed by atoms with Gasteiger partial charge in [-0.2, -0.15) is 0 Å². The van der Waals surface area contributed by atoms with E-state index in [1.807, 2.05) is 60.7 Å². The molecule has 4 aliphatic carbocycles. The molecule has 21 nitrogen and oxygen atoms in total. The second kappa shape index (κ2) is 28.8. The standard InChI is InChI=1S/C27H29FN4O4.C26H25FN2O5.C19H18FNO5/c28-21-12-17(14-27(26(29)34)15-20(27)25(33)31-35)8-9-23(21)36-16-18-13-24(32-10-4-1-5-11-32)30-22-7-3-2-6-19(18)22;1-33-25(31)26(13-19(26)24(30)29-32)12-15-6-9-23(20(27)10-15)34-14-17-11-22(16-7-8-16)28-21-5-3-2-4-18(17)21;1-25-18(23)19(10-16(19)17(22)21-24)13-5-3-7-15(9-13)26-11-12-4-2-6-14(20)8-12/h2-3,6-9,12-13,20,35H,1,4-5,10-11,14-16H2,(H2,29,34)(H,31,33);2-6,9-11,16,19,32H,7-8,12-14H2,1H3,(H,29,30);2-9,16,24H,10-11H2,1H3,(H,21,22)/t20-,27+;19-,26+;16-,19-/m110/s1. The molecule has 1 saturated heterocycles. The number of esters is 2. The number of primary amides is 1. The number of piperidine rings is 1. The quantitative estimate of drug-likeness (QED) is 0.0189. The van der Waals surface area contributed by atoms with Crippen molar-refractivity contribution >= 4 is 63.2 Å². The summed E-state index contributed by atoms with van der Waals surface area (Å²) in [6, 6.07) is 41.6. The van der Waals surface area contributed by atoms with E-state index in [-0.39, 0.29) is 69.2 Å². The Balaban J connectivity index is 0.000000148. The van der Waals surface area contributed by atoms with Crippen LogP contribution in [0.15, 0.2) is 146 Å². The summed E-state index contributed by atoms with van der Waals surface area (Å²) in [6.07, 6.45) is 6.67. The number of para-hydroxylation sites is 2. The summed E-state index contributed by atoms with van der Waals surface area (Å²) in [5.74, 6) is -5.26. The fraction of sp³-hybridized carbons (Fsp3) is 0.333. The summed E-state index contributed by atoms with van der Waals surface area (Å²) in [5.41, 5.74) is 13.9. The maximum atomic E-state index is 15.0. The van der Waals surface area contributed by atoms with Gasteiger partial charge in [0.15, 0.2) is 23.1 Å². The molecule has 8 aromatic rings. The van der Waals surface area contributed by atoms with Crippen LogP contribution in [0.4, 0.5) is 19.0 Å². The fourth-order valence-corrected chi connectivity index (χ4v) is 13.1. The number of hydrogen-bond donors (Lipinski definition) is 7. The number of fused-ring (bicyclic) bond motifs is 2. The number of nitrogens with one attached hydrogen (secondary N) is 3. The van der Waals surface area contributed by atoms with Gasteiger partial charge in [0, 0.05) is 46.6 Å². The minimum Gasteiger partial charge on any atom is -0.489 e. The molecule has 0 spiro atoms. The van der Waals surface area contributed by atoms with Gasteiger partial charge in [0.2, 0.25) is 23.6 Å². The molecule has 6 atom stereocenters. The van der Waals surface area contributed by atoms with E-state index in [1.165, 1.54) is 57.0 Å². The molecule has 4 saturated carbocycles. The van der Waals surface area contributed by atoms with E-state index in [0.29, 0.717) is 33.9 Å². The first-order chi connectivity index (χ1) is 46.4. The van der Waals surface area contributed by atoms with E-state index < -0.39 is 81.2 Å². The van der Waals surface area contributed by atoms with Crippen LogP contribution in [0.3, 0.4) is 0 Å². The molecular formula is C72H72F3N7O14. The molecule has 6 aromatic carbocycles. The summed E-state index contributed by atoms with van der Waals surface area (Å²) < 4.78 is 70.2. The number of rotatable bonds is 22. The van der Waals surface area contributed by atoms with Crippen molar-refractivity contribution in [2.45, 2.75) is 95.4 Å². The molecule has 1 aliphatic heterocycles. The Labute approximate surface area is 549 Å². The highest BCUT2D eigenvalue weighted by Gasteiger charge is 2.66. The molecule has 3 heterocycles. The molecule has 4 amide bonds. The van der Waals surface area contributed by atoms with Crippen LogP contribution in [-0.4, -0.2) is 88.5 Å². The van der Waals surface area contributed by atoms with Crippen LogP contribution in [0.25, 0.3) is 21.8 Å². The van der Waals surface area contributed by atoms with Gasteiger partial charge in [-0.3, -0.25) is 49.4 Å². The Morgan fingerprint density at radius 1 is 0.552 bits per heavy atom. The first-order valence-electron chi connectivity index (χ1n) is 31.5. The normalized spacial score (nSPS) is 21.2. The first-order valence-corrected chi connectivity index (χ1v) is 31.5. The Kier molecular flexibility index (Phi) is 20.2. The summed E-state index contributed by atoms with van der Waals surface area (Å²) in [7, 11) is 2.49. The predicted molar refractivity (Wildman–Crippen MR) is 341 cm³/mol. The SMILES string of the molecule is COC(=O)[C@@]1(Cc2ccc(OCc3cc(C4CC4)nc4ccccc34)c(F)c2)C[C@@H]1C(=O)NO.COC(=O)[C@]1(c2cccc(OCc3cccc(F)c3)c2)C[C@H]1C(=O)NO.NC(=O)[C@@]1(Cc2ccc(OCc3cc(N4CCCCC4)nc4ccccc34)c(F)c2)C[C@@H]1C(=O)NO. The Hall–Kier alpha value is -10.2. The van der Waals surface area contributed by atoms with Crippen LogP contribution in [0.1, 0.15) is 96.4 Å². The van der Waals surface area contributed by atoms with Crippen molar-refractivity contribution in [3.05, 3.63) is 202 Å². The van der Waals surface area contributed by atoms with Crippen LogP contribution < -0.4 is 41.3 Å². The van der Waals surface area contributed by atoms with Gasteiger partial charge in [-0.1, -0.05) is 72.8 Å². The van der Waals surface area contributed by atoms with Crippen LogP contribution in [0.2, 0.25) is 0 Å². The minimum atomic E-state index is -1.14. The van der Waals surface area contributed by atoms with Gasteiger partial charge >= 0.3 is 11.9 Å². The second-order valence-corrected chi connectivity index (χ2v) is 24.9. The van der Waals surface area contributed by atoms with Crippen molar-refractivity contribution in [3.8, 4) is 17.2 Å². The molecule has 24 heteroatoms. The van der Waals surface area contributed by atoms with E-state index in [1.54, 1.807) is 65.0 Å². The zero-order valence-corrected chi connectivity index (χ0v) is 52.7. The van der Waals surface area contributed by atoms with E-state index in [0.717, 1.165) is 83.2 Å². The average molecular weight is 1320 g/mol. The smallest absolute Gasteiger partial charge is 0.317 e. The molecule has 5 aliphatic rings. The van der Waals surface area contributed by atoms with E-state index in [4.69, 9.17) is 55.0 Å². The molecular weight excluding hydrogens is 1240 g/mol. The summed E-state index contributed by atoms with van der Waals surface area (Å²) in [5, 5.41) is 28.6. The van der Waals surface area contributed by atoms with Gasteiger partial charge in [0.25, 0.3) is 0 Å². The average Bonchev–Trinajstić information content (AvgIpc) is 1.55. The number of aromatic nitrogens is 2. The molecule has 0 unspecified atom stereocenters. The monoisotopic (exact) mass is 1320 g/mol. The maximum Gasteiger partial charge on any atom is 0.317 e. The number of pyridine rings is 2. The lowest BCUT2D eigenvalue weighted by Crippen LogP contribution is -2.33. The van der Waals surface area contributed by atoms with Crippen molar-refractivity contribution < 1.29 is 81.2 Å². The van der Waals surface area contributed by atoms with Crippen LogP contribution in [0, 0.1) is 46.0 Å². The van der Waals surface area contributed by atoms with Gasteiger partial charge < -0.3 is 34.3 Å². The predicted octanol–water partition coefficient (Wildman–Crippen LogP) is 9.88. The van der Waals surface area contributed by atoms with Gasteiger partial charge in [-0.05, 0) is 159 Å². The highest BCUT2D eigenvalue weighted by Crippen LogP contribution is 2.58. The summed E-state index contributed by atoms with van der Waals surface area (Å²) in [6.45, 7) is 2.46. The Morgan fingerprint density at radius 2 is 1.10 bits per heavy atom. The van der Waals surface area contributed by atoms with Crippen molar-refractivity contribution in [3.63, 3.8) is 0 Å². The number of halogens is 3. The molecule has 8 N–H and O–H groups in total. The maximum absolute atomic E-state index is 15.0. The minimum absolute atomic E-state index is 0.0905. The van der Waals surface area contributed by atoms with E-state index in [2.05, 4.69) is 4.90 Å². The third-order valence-corrected chi connectivity index (χ3v) is 18.8. The molecule has 0 bridgehead atoms. The lowest BCUT2D eigenvalue weighted by Gasteiger charge is -2.28. The molecule has 5 fully saturated rings. The number of hydrogen-bond acceptors (Lipinski definition) is 17. The third-order valence-electron chi connectivity index (χ3n) is 18.8. The number of benzene rings is 6. The van der Waals surface area contributed by atoms with Crippen LogP contribution in [-0.2, 0) is 76.3 Å². The van der Waals surface area contributed by atoms with Crippen molar-refractivity contribution in [1.82, 2.24) is 26.4 Å². The summed E-state index contributed by atoms with van der Waals surface area (Å²) in [4.78, 5) is 83.9.